The molecule has 0 bridgehead atoms. The Labute approximate surface area is 153 Å². The quantitative estimate of drug-likeness (QED) is 0.294. The average Bonchev–Trinajstić information content (AvgIpc) is 2.44. The molecule has 0 fully saturated rings. The third kappa shape index (κ3) is 7.17. The number of nitrogens with one attached hydrogen (secondary N) is 1. The van der Waals surface area contributed by atoms with Gasteiger partial charge in [-0.2, -0.15) is 56.7 Å². The second kappa shape index (κ2) is 9.73. The summed E-state index contributed by atoms with van der Waals surface area (Å²) < 4.78 is 168. The molecule has 4 nitrogen and oxygen atoms in total. The van der Waals surface area contributed by atoms with E-state index in [9.17, 15) is 56.7 Å². The van der Waals surface area contributed by atoms with Gasteiger partial charge in [-0.3, -0.25) is 4.55 Å². The molecule has 2 N–H and O–H groups in total. The first-order chi connectivity index (χ1) is 12.1. The van der Waals surface area contributed by atoms with E-state index < -0.39 is 71.4 Å². The molecular weight excluding hydrogens is 447 g/mol. The number of hydrogen-bond donors (Lipinski definition) is 2. The van der Waals surface area contributed by atoms with Crippen LogP contribution in [0.15, 0.2) is 0 Å². The Hall–Kier alpha value is -0.900. The fraction of sp³-hybridized carbons (Fsp3) is 1.00. The maximum Gasteiger partial charge on any atom is 0.438 e. The topological polar surface area (TPSA) is 66.4 Å². The fourth-order valence-corrected chi connectivity index (χ4v) is 2.03. The van der Waals surface area contributed by atoms with Crippen molar-refractivity contribution in [1.82, 2.24) is 5.32 Å². The van der Waals surface area contributed by atoms with E-state index in [2.05, 4.69) is 5.32 Å². The lowest BCUT2D eigenvalue weighted by molar-refractivity contribution is -0.349. The molecule has 0 saturated carbocycles. The van der Waals surface area contributed by atoms with Crippen LogP contribution in [0.5, 0.6) is 0 Å². The van der Waals surface area contributed by atoms with Crippen molar-refractivity contribution in [1.29, 1.82) is 0 Å². The minimum absolute atomic E-state index is 0.758. The third-order valence-corrected chi connectivity index (χ3v) is 3.90. The Morgan fingerprint density at radius 2 is 1.07 bits per heavy atom. The van der Waals surface area contributed by atoms with Crippen LogP contribution in [-0.4, -0.2) is 56.3 Å². The van der Waals surface area contributed by atoms with Gasteiger partial charge in [0.2, 0.25) is 0 Å². The highest BCUT2D eigenvalue weighted by Gasteiger charge is 2.84. The molecule has 0 aromatic carbocycles. The lowest BCUT2D eigenvalue weighted by Crippen LogP contribution is -2.64. The van der Waals surface area contributed by atoms with E-state index in [1.165, 1.54) is 0 Å². The smallest absolute Gasteiger partial charge is 0.323 e. The van der Waals surface area contributed by atoms with Crippen LogP contribution in [0.25, 0.3) is 0 Å². The summed E-state index contributed by atoms with van der Waals surface area (Å²) in [5.74, 6) is -20.0. The van der Waals surface area contributed by atoms with Crippen LogP contribution in [0.4, 0.5) is 48.3 Å². The Morgan fingerprint density at radius 1 is 0.714 bits per heavy atom. The number of halogens is 11. The van der Waals surface area contributed by atoms with E-state index in [4.69, 9.17) is 4.55 Å². The minimum atomic E-state index is -7.19. The van der Waals surface area contributed by atoms with Crippen molar-refractivity contribution in [2.45, 2.75) is 61.3 Å². The zero-order valence-corrected chi connectivity index (χ0v) is 15.2. The van der Waals surface area contributed by atoms with Crippen molar-refractivity contribution in [3.63, 3.8) is 0 Å². The predicted octanol–water partition coefficient (Wildman–Crippen LogP) is 4.72. The van der Waals surface area contributed by atoms with Gasteiger partial charge in [0.1, 0.15) is 0 Å². The van der Waals surface area contributed by atoms with Gasteiger partial charge in [0.05, 0.1) is 0 Å². The first kappa shape index (κ1) is 29.3. The largest absolute Gasteiger partial charge is 0.438 e. The Morgan fingerprint density at radius 3 is 1.39 bits per heavy atom. The third-order valence-electron chi connectivity index (χ3n) is 2.99. The first-order valence-corrected chi connectivity index (χ1v) is 8.70. The second-order valence-electron chi connectivity index (χ2n) is 5.52. The van der Waals surface area contributed by atoms with Gasteiger partial charge in [0.25, 0.3) is 0 Å². The Balaban J connectivity index is 0. The van der Waals surface area contributed by atoms with Crippen LogP contribution in [0.1, 0.15) is 32.1 Å². The zero-order valence-electron chi connectivity index (χ0n) is 14.4. The molecular formula is C12H18F11NO3S. The number of unbranched alkanes of at least 4 members (excludes halogenated alkanes) is 2. The lowest BCUT2D eigenvalue weighted by Gasteiger charge is -2.35. The molecule has 0 aromatic heterocycles. The number of rotatable bonds is 9. The van der Waals surface area contributed by atoms with Gasteiger partial charge in [-0.1, -0.05) is 6.42 Å². The molecule has 0 saturated heterocycles. The molecule has 0 rings (SSSR count). The molecule has 0 aliphatic heterocycles. The monoisotopic (exact) mass is 465 g/mol. The van der Waals surface area contributed by atoms with Crippen LogP contribution < -0.4 is 5.32 Å². The SMILES string of the molecule is CNC.O=S(=O)(O)C(F)(F)C(F)(F)C(F)(F)C(F)(F)CCCCCC(F)(F)F. The highest BCUT2D eigenvalue weighted by atomic mass is 32.2. The van der Waals surface area contributed by atoms with E-state index in [1.807, 2.05) is 14.1 Å². The van der Waals surface area contributed by atoms with Gasteiger partial charge in [-0.05, 0) is 26.9 Å². The van der Waals surface area contributed by atoms with Gasteiger partial charge in [0.15, 0.2) is 0 Å². The summed E-state index contributed by atoms with van der Waals surface area (Å²) in [6.45, 7) is 0. The summed E-state index contributed by atoms with van der Waals surface area (Å²) in [5, 5.41) is -4.18. The second-order valence-corrected chi connectivity index (χ2v) is 6.98. The van der Waals surface area contributed by atoms with Crippen molar-refractivity contribution < 1.29 is 61.3 Å². The molecule has 0 spiro atoms. The molecule has 172 valence electrons. The highest BCUT2D eigenvalue weighted by molar-refractivity contribution is 7.87. The van der Waals surface area contributed by atoms with E-state index in [0.717, 1.165) is 0 Å². The van der Waals surface area contributed by atoms with Gasteiger partial charge in [-0.25, -0.2) is 0 Å². The first-order valence-electron chi connectivity index (χ1n) is 7.26. The van der Waals surface area contributed by atoms with Gasteiger partial charge in [-0.15, -0.1) is 0 Å². The van der Waals surface area contributed by atoms with Crippen molar-refractivity contribution in [2.24, 2.45) is 0 Å². The van der Waals surface area contributed by atoms with Crippen molar-refractivity contribution in [3.8, 4) is 0 Å². The van der Waals surface area contributed by atoms with Crippen LogP contribution in [0.2, 0.25) is 0 Å². The zero-order chi connectivity index (χ0) is 23.2. The summed E-state index contributed by atoms with van der Waals surface area (Å²) in [6, 6.07) is 0. The van der Waals surface area contributed by atoms with Crippen molar-refractivity contribution in [2.75, 3.05) is 14.1 Å². The molecule has 0 aliphatic carbocycles. The summed E-state index contributed by atoms with van der Waals surface area (Å²) >= 11 is 0. The number of hydrogen-bond acceptors (Lipinski definition) is 3. The summed E-state index contributed by atoms with van der Waals surface area (Å²) in [5.41, 5.74) is 0. The summed E-state index contributed by atoms with van der Waals surface area (Å²) in [6.07, 6.45) is -11.1. The molecule has 16 heteroatoms. The minimum Gasteiger partial charge on any atom is -0.323 e. The Kier molecular flexibility index (Phi) is 10.2. The van der Waals surface area contributed by atoms with Crippen molar-refractivity contribution in [3.05, 3.63) is 0 Å². The maximum absolute atomic E-state index is 13.2. The molecule has 0 unspecified atom stereocenters. The van der Waals surface area contributed by atoms with Crippen LogP contribution in [-0.2, 0) is 10.1 Å². The van der Waals surface area contributed by atoms with E-state index >= 15 is 0 Å². The standard InChI is InChI=1S/C10H11F11O3S.C2H7N/c11-6(12,4-2-1-3-5-7(13,14)15)8(16,17)9(18,19)10(20,21)25(22,23)24;1-3-2/h1-5H2,(H,22,23,24);3H,1-2H3. The molecule has 0 amide bonds. The normalized spacial score (nSPS) is 14.5. The molecule has 0 radical (unpaired) electrons. The lowest BCUT2D eigenvalue weighted by atomic mass is 9.98. The molecule has 28 heavy (non-hydrogen) atoms. The van der Waals surface area contributed by atoms with Crippen molar-refractivity contribution >= 4 is 10.1 Å². The van der Waals surface area contributed by atoms with Gasteiger partial charge < -0.3 is 5.32 Å². The van der Waals surface area contributed by atoms with Crippen LogP contribution in [0, 0.1) is 0 Å². The molecule has 0 atom stereocenters. The average molecular weight is 465 g/mol. The summed E-state index contributed by atoms with van der Waals surface area (Å²) in [7, 11) is -3.42. The van der Waals surface area contributed by atoms with E-state index in [1.54, 1.807) is 0 Å². The van der Waals surface area contributed by atoms with E-state index in [0.29, 0.717) is 0 Å². The van der Waals surface area contributed by atoms with Crippen LogP contribution in [0.3, 0.4) is 0 Å². The van der Waals surface area contributed by atoms with Crippen LogP contribution >= 0.6 is 0 Å². The maximum atomic E-state index is 13.2. The highest BCUT2D eigenvalue weighted by Crippen LogP contribution is 2.55. The molecule has 0 aliphatic rings. The van der Waals surface area contributed by atoms with E-state index in [-0.39, 0.29) is 0 Å². The fourth-order valence-electron chi connectivity index (χ4n) is 1.58. The van der Waals surface area contributed by atoms with Gasteiger partial charge in [0, 0.05) is 12.8 Å². The molecule has 0 heterocycles. The summed E-state index contributed by atoms with van der Waals surface area (Å²) in [4.78, 5) is 0. The number of alkyl halides is 11. The Bertz CT molecular complexity index is 576. The predicted molar refractivity (Wildman–Crippen MR) is 75.5 cm³/mol. The van der Waals surface area contributed by atoms with Gasteiger partial charge >= 0.3 is 39.3 Å². The molecule has 0 aromatic rings.